The van der Waals surface area contributed by atoms with Crippen molar-refractivity contribution in [1.29, 1.82) is 0 Å². The Morgan fingerprint density at radius 1 is 0.810 bits per heavy atom. The summed E-state index contributed by atoms with van der Waals surface area (Å²) in [5.41, 5.74) is 0.105. The number of hydrogen-bond acceptors (Lipinski definition) is 3. The summed E-state index contributed by atoms with van der Waals surface area (Å²) in [5.74, 6) is -2.05. The molecule has 0 aliphatic carbocycles. The van der Waals surface area contributed by atoms with Gasteiger partial charge >= 0.3 is 12.7 Å². The SMILES string of the molecule is FC(F)(F)Oc1ccc(-c2ccco2)cc1OC(F)(F)F. The summed E-state index contributed by atoms with van der Waals surface area (Å²) in [6.07, 6.45) is -9.04. The largest absolute Gasteiger partial charge is 0.573 e. The summed E-state index contributed by atoms with van der Waals surface area (Å²) in [6.45, 7) is 0. The molecule has 0 saturated heterocycles. The van der Waals surface area contributed by atoms with Crippen molar-refractivity contribution >= 4 is 0 Å². The van der Waals surface area contributed by atoms with E-state index in [0.29, 0.717) is 6.07 Å². The van der Waals surface area contributed by atoms with E-state index < -0.39 is 24.2 Å². The van der Waals surface area contributed by atoms with E-state index in [1.807, 2.05) is 0 Å². The number of rotatable bonds is 3. The van der Waals surface area contributed by atoms with Gasteiger partial charge in [0.25, 0.3) is 0 Å². The third-order valence-corrected chi connectivity index (χ3v) is 2.20. The zero-order chi connectivity index (χ0) is 15.7. The van der Waals surface area contributed by atoms with Crippen LogP contribution in [0.2, 0.25) is 0 Å². The molecule has 0 aliphatic rings. The first-order valence-corrected chi connectivity index (χ1v) is 5.33. The summed E-state index contributed by atoms with van der Waals surface area (Å²) in [4.78, 5) is 0. The lowest BCUT2D eigenvalue weighted by Crippen LogP contribution is -2.21. The molecule has 1 aromatic heterocycles. The first-order chi connectivity index (χ1) is 9.64. The highest BCUT2D eigenvalue weighted by Gasteiger charge is 2.36. The van der Waals surface area contributed by atoms with Gasteiger partial charge in [0.15, 0.2) is 11.5 Å². The van der Waals surface area contributed by atoms with Crippen LogP contribution >= 0.6 is 0 Å². The second-order valence-electron chi connectivity index (χ2n) is 3.73. The van der Waals surface area contributed by atoms with Crippen LogP contribution in [-0.2, 0) is 0 Å². The van der Waals surface area contributed by atoms with Crippen LogP contribution in [0.3, 0.4) is 0 Å². The zero-order valence-corrected chi connectivity index (χ0v) is 9.96. The predicted molar refractivity (Wildman–Crippen MR) is 57.5 cm³/mol. The van der Waals surface area contributed by atoms with Gasteiger partial charge in [0, 0.05) is 5.56 Å². The molecule has 9 heteroatoms. The molecule has 1 aromatic carbocycles. The molecule has 114 valence electrons. The van der Waals surface area contributed by atoms with Gasteiger partial charge in [-0.2, -0.15) is 0 Å². The lowest BCUT2D eigenvalue weighted by molar-refractivity contribution is -0.287. The molecule has 0 radical (unpaired) electrons. The highest BCUT2D eigenvalue weighted by Crippen LogP contribution is 2.38. The molecular formula is C12H6F6O3. The van der Waals surface area contributed by atoms with Crippen molar-refractivity contribution in [1.82, 2.24) is 0 Å². The summed E-state index contributed by atoms with van der Waals surface area (Å²) in [5, 5.41) is 0. The van der Waals surface area contributed by atoms with E-state index in [1.54, 1.807) is 0 Å². The first kappa shape index (κ1) is 15.1. The predicted octanol–water partition coefficient (Wildman–Crippen LogP) is 4.74. The average molecular weight is 312 g/mol. The van der Waals surface area contributed by atoms with Crippen LogP contribution in [0.5, 0.6) is 11.5 Å². The minimum Gasteiger partial charge on any atom is -0.464 e. The Balaban J connectivity index is 2.41. The van der Waals surface area contributed by atoms with E-state index in [-0.39, 0.29) is 11.3 Å². The van der Waals surface area contributed by atoms with Gasteiger partial charge in [-0.05, 0) is 30.3 Å². The highest BCUT2D eigenvalue weighted by atomic mass is 19.4. The van der Waals surface area contributed by atoms with Gasteiger partial charge in [0.1, 0.15) is 5.76 Å². The third-order valence-electron chi connectivity index (χ3n) is 2.20. The van der Waals surface area contributed by atoms with Gasteiger partial charge in [0.05, 0.1) is 6.26 Å². The van der Waals surface area contributed by atoms with Crippen molar-refractivity contribution in [2.45, 2.75) is 12.7 Å². The van der Waals surface area contributed by atoms with Crippen LogP contribution in [0.15, 0.2) is 41.0 Å². The fourth-order valence-electron chi connectivity index (χ4n) is 1.52. The number of benzene rings is 1. The summed E-state index contributed by atoms with van der Waals surface area (Å²) < 4.78 is 85.2. The van der Waals surface area contributed by atoms with Crippen molar-refractivity contribution in [2.24, 2.45) is 0 Å². The maximum absolute atomic E-state index is 12.2. The van der Waals surface area contributed by atoms with Crippen molar-refractivity contribution in [3.63, 3.8) is 0 Å². The lowest BCUT2D eigenvalue weighted by atomic mass is 10.1. The van der Waals surface area contributed by atoms with Gasteiger partial charge in [-0.3, -0.25) is 0 Å². The standard InChI is InChI=1S/C12H6F6O3/c13-11(14,15)20-9-4-3-7(8-2-1-5-19-8)6-10(9)21-12(16,17)18/h1-6H. The summed E-state index contributed by atoms with van der Waals surface area (Å²) in [6, 6.07) is 5.47. The molecule has 21 heavy (non-hydrogen) atoms. The van der Waals surface area contributed by atoms with Crippen molar-refractivity contribution < 1.29 is 40.2 Å². The van der Waals surface area contributed by atoms with Crippen molar-refractivity contribution in [3.8, 4) is 22.8 Å². The lowest BCUT2D eigenvalue weighted by Gasteiger charge is -2.15. The quantitative estimate of drug-likeness (QED) is 0.767. The Labute approximate surface area is 113 Å². The van der Waals surface area contributed by atoms with Gasteiger partial charge < -0.3 is 13.9 Å². The fraction of sp³-hybridized carbons (Fsp3) is 0.167. The molecular weight excluding hydrogens is 306 g/mol. The molecule has 0 saturated carbocycles. The smallest absolute Gasteiger partial charge is 0.464 e. The minimum atomic E-state index is -5.16. The molecule has 0 fully saturated rings. The van der Waals surface area contributed by atoms with Crippen LogP contribution in [0.25, 0.3) is 11.3 Å². The third kappa shape index (κ3) is 4.33. The second-order valence-corrected chi connectivity index (χ2v) is 3.73. The monoisotopic (exact) mass is 312 g/mol. The van der Waals surface area contributed by atoms with E-state index in [2.05, 4.69) is 9.47 Å². The van der Waals surface area contributed by atoms with Crippen LogP contribution < -0.4 is 9.47 Å². The minimum absolute atomic E-state index is 0.105. The molecule has 2 rings (SSSR count). The number of hydrogen-bond donors (Lipinski definition) is 0. The van der Waals surface area contributed by atoms with E-state index in [4.69, 9.17) is 4.42 Å². The fourth-order valence-corrected chi connectivity index (χ4v) is 1.52. The number of ether oxygens (including phenoxy) is 2. The molecule has 1 heterocycles. The molecule has 0 unspecified atom stereocenters. The van der Waals surface area contributed by atoms with Gasteiger partial charge in [0.2, 0.25) is 0 Å². The second kappa shape index (κ2) is 5.23. The van der Waals surface area contributed by atoms with E-state index in [1.165, 1.54) is 18.4 Å². The van der Waals surface area contributed by atoms with Gasteiger partial charge in [-0.15, -0.1) is 26.3 Å². The highest BCUT2D eigenvalue weighted by molar-refractivity contribution is 5.62. The molecule has 0 bridgehead atoms. The Morgan fingerprint density at radius 3 is 1.95 bits per heavy atom. The van der Waals surface area contributed by atoms with Crippen molar-refractivity contribution in [2.75, 3.05) is 0 Å². The first-order valence-electron chi connectivity index (χ1n) is 5.33. The van der Waals surface area contributed by atoms with Crippen molar-refractivity contribution in [3.05, 3.63) is 36.6 Å². The van der Waals surface area contributed by atoms with Gasteiger partial charge in [-0.25, -0.2) is 0 Å². The Hall–Kier alpha value is -2.32. The molecule has 0 amide bonds. The van der Waals surface area contributed by atoms with E-state index in [0.717, 1.165) is 12.1 Å². The number of alkyl halides is 6. The Kier molecular flexibility index (Phi) is 3.75. The average Bonchev–Trinajstić information content (AvgIpc) is 2.81. The van der Waals surface area contributed by atoms with Crippen LogP contribution in [-0.4, -0.2) is 12.7 Å². The summed E-state index contributed by atoms with van der Waals surface area (Å²) in [7, 11) is 0. The maximum atomic E-state index is 12.2. The topological polar surface area (TPSA) is 31.6 Å². The van der Waals surface area contributed by atoms with Crippen LogP contribution in [0, 0.1) is 0 Å². The van der Waals surface area contributed by atoms with Crippen LogP contribution in [0.1, 0.15) is 0 Å². The maximum Gasteiger partial charge on any atom is 0.573 e. The summed E-state index contributed by atoms with van der Waals surface area (Å²) >= 11 is 0. The number of halogens is 6. The molecule has 0 spiro atoms. The van der Waals surface area contributed by atoms with E-state index in [9.17, 15) is 26.3 Å². The number of furan rings is 1. The molecule has 0 atom stereocenters. The Morgan fingerprint density at radius 2 is 1.43 bits per heavy atom. The normalized spacial score (nSPS) is 12.3. The zero-order valence-electron chi connectivity index (χ0n) is 9.96. The molecule has 2 aromatic rings. The molecule has 0 aliphatic heterocycles. The Bertz CT molecular complexity index is 600. The van der Waals surface area contributed by atoms with E-state index >= 15 is 0 Å². The molecule has 3 nitrogen and oxygen atoms in total. The van der Waals surface area contributed by atoms with Gasteiger partial charge in [-0.1, -0.05) is 0 Å². The molecule has 0 N–H and O–H groups in total. The van der Waals surface area contributed by atoms with Crippen LogP contribution in [0.4, 0.5) is 26.3 Å².